The van der Waals surface area contributed by atoms with Crippen LogP contribution in [0.1, 0.15) is 25.7 Å². The van der Waals surface area contributed by atoms with Gasteiger partial charge < -0.3 is 10.6 Å². The molecule has 2 heterocycles. The lowest BCUT2D eigenvalue weighted by Gasteiger charge is -2.48. The van der Waals surface area contributed by atoms with E-state index in [0.29, 0.717) is 12.5 Å². The van der Waals surface area contributed by atoms with Gasteiger partial charge in [-0.1, -0.05) is 0 Å². The third-order valence-electron chi connectivity index (χ3n) is 4.24. The van der Waals surface area contributed by atoms with Gasteiger partial charge in [-0.15, -0.1) is 0 Å². The smallest absolute Gasteiger partial charge is 0.236 e. The molecule has 90 valence electrons. The van der Waals surface area contributed by atoms with E-state index in [9.17, 15) is 4.79 Å². The highest BCUT2D eigenvalue weighted by molar-refractivity contribution is 5.78. The molecule has 1 aliphatic carbocycles. The average molecular weight is 223 g/mol. The van der Waals surface area contributed by atoms with Crippen LogP contribution in [0.3, 0.4) is 0 Å². The first kappa shape index (κ1) is 10.5. The number of nitrogens with zero attached hydrogens (tertiary/aromatic N) is 2. The maximum Gasteiger partial charge on any atom is 0.236 e. The zero-order valence-corrected chi connectivity index (χ0v) is 9.82. The van der Waals surface area contributed by atoms with Gasteiger partial charge in [-0.25, -0.2) is 0 Å². The number of carbonyl (C=O) groups is 1. The molecule has 3 rings (SSSR count). The van der Waals surface area contributed by atoms with Crippen molar-refractivity contribution in [3.63, 3.8) is 0 Å². The molecule has 0 bridgehead atoms. The van der Waals surface area contributed by atoms with Gasteiger partial charge in [-0.2, -0.15) is 0 Å². The van der Waals surface area contributed by atoms with Gasteiger partial charge in [0, 0.05) is 31.7 Å². The molecule has 0 atom stereocenters. The third-order valence-corrected chi connectivity index (χ3v) is 4.24. The second-order valence-corrected chi connectivity index (χ2v) is 5.74. The molecular weight excluding hydrogens is 202 g/mol. The summed E-state index contributed by atoms with van der Waals surface area (Å²) in [5, 5.41) is 0. The summed E-state index contributed by atoms with van der Waals surface area (Å²) in [6.07, 6.45) is 4.94. The van der Waals surface area contributed by atoms with E-state index in [1.165, 1.54) is 25.7 Å². The fraction of sp³-hybridized carbons (Fsp3) is 0.917. The Balaban J connectivity index is 1.45. The topological polar surface area (TPSA) is 49.6 Å². The summed E-state index contributed by atoms with van der Waals surface area (Å²) < 4.78 is 0. The molecule has 0 aromatic heterocycles. The summed E-state index contributed by atoms with van der Waals surface area (Å²) in [6, 6.07) is 0. The summed E-state index contributed by atoms with van der Waals surface area (Å²) in [6.45, 7) is 4.37. The molecule has 3 aliphatic rings. The van der Waals surface area contributed by atoms with E-state index in [4.69, 9.17) is 5.73 Å². The van der Waals surface area contributed by atoms with Gasteiger partial charge in [0.15, 0.2) is 0 Å². The molecule has 3 fully saturated rings. The van der Waals surface area contributed by atoms with Gasteiger partial charge in [0.1, 0.15) is 0 Å². The largest absolute Gasteiger partial charge is 0.342 e. The van der Waals surface area contributed by atoms with E-state index in [2.05, 4.69) is 4.90 Å². The molecule has 2 saturated heterocycles. The van der Waals surface area contributed by atoms with Crippen LogP contribution in [0.4, 0.5) is 0 Å². The molecule has 0 aromatic carbocycles. The van der Waals surface area contributed by atoms with Crippen LogP contribution in [-0.4, -0.2) is 54.0 Å². The number of amides is 1. The molecule has 4 heteroatoms. The third kappa shape index (κ3) is 1.84. The van der Waals surface area contributed by atoms with Crippen molar-refractivity contribution in [2.24, 2.45) is 11.7 Å². The van der Waals surface area contributed by atoms with E-state index in [1.54, 1.807) is 0 Å². The SMILES string of the molecule is NC1(C2CC2)CN(CC(=O)N2CCCC2)C1. The second kappa shape index (κ2) is 3.70. The van der Waals surface area contributed by atoms with E-state index < -0.39 is 0 Å². The lowest BCUT2D eigenvalue weighted by atomic mass is 9.86. The van der Waals surface area contributed by atoms with Gasteiger partial charge in [0.25, 0.3) is 0 Å². The molecule has 1 amide bonds. The number of hydrogen-bond acceptors (Lipinski definition) is 3. The van der Waals surface area contributed by atoms with Gasteiger partial charge >= 0.3 is 0 Å². The predicted octanol–water partition coefficient (Wildman–Crippen LogP) is 0.0319. The molecule has 0 spiro atoms. The molecule has 1 saturated carbocycles. The number of nitrogens with two attached hydrogens (primary N) is 1. The van der Waals surface area contributed by atoms with E-state index in [1.807, 2.05) is 4.90 Å². The van der Waals surface area contributed by atoms with E-state index in [-0.39, 0.29) is 5.54 Å². The Bertz CT molecular complexity index is 289. The number of likely N-dealkylation sites (tertiary alicyclic amines) is 2. The Kier molecular flexibility index (Phi) is 2.44. The molecule has 0 unspecified atom stereocenters. The van der Waals surface area contributed by atoms with Crippen LogP contribution < -0.4 is 5.73 Å². The minimum absolute atomic E-state index is 0.0469. The summed E-state index contributed by atoms with van der Waals surface area (Å²) in [7, 11) is 0. The summed E-state index contributed by atoms with van der Waals surface area (Å²) >= 11 is 0. The highest BCUT2D eigenvalue weighted by Gasteiger charge is 2.50. The van der Waals surface area contributed by atoms with Crippen LogP contribution in [0.2, 0.25) is 0 Å². The zero-order chi connectivity index (χ0) is 11.2. The van der Waals surface area contributed by atoms with Crippen LogP contribution in [0, 0.1) is 5.92 Å². The predicted molar refractivity (Wildman–Crippen MR) is 61.9 cm³/mol. The Morgan fingerprint density at radius 3 is 2.44 bits per heavy atom. The van der Waals surface area contributed by atoms with Crippen LogP contribution in [0.25, 0.3) is 0 Å². The zero-order valence-electron chi connectivity index (χ0n) is 9.82. The second-order valence-electron chi connectivity index (χ2n) is 5.74. The monoisotopic (exact) mass is 223 g/mol. The normalized spacial score (nSPS) is 29.2. The lowest BCUT2D eigenvalue weighted by molar-refractivity contribution is -0.133. The first-order valence-corrected chi connectivity index (χ1v) is 6.46. The van der Waals surface area contributed by atoms with Crippen molar-refractivity contribution < 1.29 is 4.79 Å². The van der Waals surface area contributed by atoms with Crippen LogP contribution in [0.5, 0.6) is 0 Å². The molecule has 16 heavy (non-hydrogen) atoms. The molecule has 4 nitrogen and oxygen atoms in total. The average Bonchev–Trinajstić information content (AvgIpc) is 2.92. The highest BCUT2D eigenvalue weighted by atomic mass is 16.2. The maximum atomic E-state index is 11.9. The first-order valence-electron chi connectivity index (χ1n) is 6.46. The van der Waals surface area contributed by atoms with Crippen molar-refractivity contribution in [1.29, 1.82) is 0 Å². The Morgan fingerprint density at radius 2 is 1.88 bits per heavy atom. The Morgan fingerprint density at radius 1 is 1.25 bits per heavy atom. The van der Waals surface area contributed by atoms with E-state index in [0.717, 1.165) is 32.1 Å². The standard InChI is InChI=1S/C12H21N3O/c13-12(10-3-4-10)8-14(9-12)7-11(16)15-5-1-2-6-15/h10H,1-9,13H2. The Hall–Kier alpha value is -0.610. The van der Waals surface area contributed by atoms with Crippen molar-refractivity contribution in [2.75, 3.05) is 32.7 Å². The lowest BCUT2D eigenvalue weighted by Crippen LogP contribution is -2.69. The number of carbonyl (C=O) groups excluding carboxylic acids is 1. The van der Waals surface area contributed by atoms with Crippen molar-refractivity contribution in [3.05, 3.63) is 0 Å². The number of hydrogen-bond donors (Lipinski definition) is 1. The highest BCUT2D eigenvalue weighted by Crippen LogP contribution is 2.42. The molecule has 0 aromatic rings. The van der Waals surface area contributed by atoms with Crippen molar-refractivity contribution in [1.82, 2.24) is 9.80 Å². The van der Waals surface area contributed by atoms with Gasteiger partial charge in [-0.3, -0.25) is 9.69 Å². The van der Waals surface area contributed by atoms with Gasteiger partial charge in [0.2, 0.25) is 5.91 Å². The minimum Gasteiger partial charge on any atom is -0.342 e. The van der Waals surface area contributed by atoms with Crippen molar-refractivity contribution in [2.45, 2.75) is 31.2 Å². The summed E-state index contributed by atoms with van der Waals surface area (Å²) in [5.74, 6) is 1.04. The minimum atomic E-state index is 0.0469. The quantitative estimate of drug-likeness (QED) is 0.734. The fourth-order valence-electron chi connectivity index (χ4n) is 3.07. The van der Waals surface area contributed by atoms with Crippen LogP contribution in [0.15, 0.2) is 0 Å². The molecule has 2 aliphatic heterocycles. The van der Waals surface area contributed by atoms with Crippen LogP contribution >= 0.6 is 0 Å². The molecule has 0 radical (unpaired) electrons. The summed E-state index contributed by atoms with van der Waals surface area (Å²) in [4.78, 5) is 16.1. The molecular formula is C12H21N3O. The number of rotatable bonds is 3. The van der Waals surface area contributed by atoms with Crippen molar-refractivity contribution in [3.8, 4) is 0 Å². The van der Waals surface area contributed by atoms with Crippen LogP contribution in [-0.2, 0) is 4.79 Å². The Labute approximate surface area is 96.8 Å². The summed E-state index contributed by atoms with van der Waals surface area (Å²) in [5.41, 5.74) is 6.31. The van der Waals surface area contributed by atoms with Crippen molar-refractivity contribution >= 4 is 5.91 Å². The maximum absolute atomic E-state index is 11.9. The van der Waals surface area contributed by atoms with Gasteiger partial charge in [-0.05, 0) is 31.6 Å². The van der Waals surface area contributed by atoms with Gasteiger partial charge in [0.05, 0.1) is 6.54 Å². The fourth-order valence-corrected chi connectivity index (χ4v) is 3.07. The van der Waals surface area contributed by atoms with E-state index >= 15 is 0 Å². The molecule has 2 N–H and O–H groups in total. The first-order chi connectivity index (χ1) is 7.67.